The monoisotopic (exact) mass is 1550 g/mol. The summed E-state index contributed by atoms with van der Waals surface area (Å²) in [6.07, 6.45) is 7.89. The number of anilines is 4. The van der Waals surface area contributed by atoms with Gasteiger partial charge in [-0.15, -0.1) is 0 Å². The van der Waals surface area contributed by atoms with Crippen molar-refractivity contribution < 1.29 is 87.7 Å². The van der Waals surface area contributed by atoms with E-state index in [1.54, 1.807) is 37.3 Å². The Morgan fingerprint density at radius 2 is 1.07 bits per heavy atom. The molecule has 6 aliphatic rings. The van der Waals surface area contributed by atoms with Crippen LogP contribution < -0.4 is 52.9 Å². The number of nitrogens with one attached hydrogen (secondary N) is 2. The zero-order chi connectivity index (χ0) is 73.4. The Hall–Kier alpha value is -6.41. The number of esters is 2. The van der Waals surface area contributed by atoms with Gasteiger partial charge in [0, 0.05) is 48.2 Å². The average Bonchev–Trinajstić information content (AvgIpc) is 1.64. The van der Waals surface area contributed by atoms with Gasteiger partial charge in [0.2, 0.25) is 11.9 Å². The van der Waals surface area contributed by atoms with Gasteiger partial charge in [-0.05, 0) is 115 Å². The number of ether oxygens (including phenoxy) is 4. The Morgan fingerprint density at radius 1 is 0.657 bits per heavy atom. The quantitative estimate of drug-likeness (QED) is 0.0155. The van der Waals surface area contributed by atoms with E-state index in [1.807, 2.05) is 64.4 Å². The van der Waals surface area contributed by atoms with E-state index >= 15 is 4.39 Å². The number of carbonyl (C=O) groups is 2. The molecule has 2 unspecified atom stereocenters. The van der Waals surface area contributed by atoms with Gasteiger partial charge in [-0.2, -0.15) is 31.4 Å². The molecule has 0 bridgehead atoms. The molecule has 35 heteroatoms. The molecule has 2 saturated carbocycles. The molecule has 0 amide bonds. The number of aromatic nitrogens is 8. The molecular formula is C70H92Cl2F2MgN14O14P2. The summed E-state index contributed by atoms with van der Waals surface area (Å²) in [5, 5.41) is 39.7. The van der Waals surface area contributed by atoms with Crippen molar-refractivity contribution in [3.05, 3.63) is 105 Å². The van der Waals surface area contributed by atoms with E-state index in [0.717, 1.165) is 119 Å². The Kier molecular flexibility index (Phi) is 28.5. The van der Waals surface area contributed by atoms with Crippen molar-refractivity contribution >= 4 is 128 Å². The number of hydrogen-bond acceptors (Lipinski definition) is 24. The number of nitrogens with two attached hydrogens (primary N) is 2. The topological polar surface area (TPSA) is 363 Å². The van der Waals surface area contributed by atoms with Crippen LogP contribution in [0.1, 0.15) is 137 Å². The Labute approximate surface area is 635 Å². The smallest absolute Gasteiger partial charge is 1.00 e. The Bertz CT molecular complexity index is 4340. The van der Waals surface area contributed by atoms with Crippen LogP contribution in [-0.2, 0) is 42.2 Å². The van der Waals surface area contributed by atoms with Crippen molar-refractivity contribution in [2.24, 2.45) is 0 Å². The number of hydrogen-bond donors (Lipinski definition) is 7. The number of rotatable bonds is 21. The zero-order valence-electron chi connectivity index (χ0n) is 59.4. The van der Waals surface area contributed by atoms with Gasteiger partial charge >= 0.3 is 49.6 Å². The summed E-state index contributed by atoms with van der Waals surface area (Å²) in [7, 11) is -4.41. The summed E-state index contributed by atoms with van der Waals surface area (Å²) in [5.74, 6) is 0.813. The van der Waals surface area contributed by atoms with E-state index in [2.05, 4.69) is 53.9 Å². The molecule has 6 fully saturated rings. The number of aliphatic hydroxyl groups excluding tert-OH is 1. The SMILES string of the molecule is C[C@@]1(O)[C@H](F)[C@@H](CO)O[C@H]1n1cnc2c(N3CCC3)nc(N)nc21.C[C@H](NP(=O)(Cl)Oc1cccc2ccccc12)C(=O)OC1CCCCC1.C[C@H](NP(=O)(OC[C@H]1O[C@@H](n2cnc3c(N4CCC4)nc(N)nc32)[C@](C)(O)[C@@H]1F)Oc1cccc2ccccc12)C(=O)OC1CCCCC1.[CH2-]CCC.[Cl-].[Mg+2]. The van der Waals surface area contributed by atoms with Crippen molar-refractivity contribution in [3.8, 4) is 11.5 Å². The first kappa shape index (κ1) is 82.6. The normalized spacial score (nSPS) is 24.8. The van der Waals surface area contributed by atoms with Gasteiger partial charge < -0.3 is 83.9 Å². The zero-order valence-corrected chi connectivity index (χ0v) is 64.1. The summed E-state index contributed by atoms with van der Waals surface area (Å²) >= 11 is 6.07. The Morgan fingerprint density at radius 3 is 1.49 bits per heavy atom. The number of carbonyl (C=O) groups excluding carboxylic acids is 2. The van der Waals surface area contributed by atoms with Gasteiger partial charge in [0.25, 0.3) is 0 Å². The number of aliphatic hydroxyl groups is 3. The number of imidazole rings is 2. The minimum Gasteiger partial charge on any atom is -1.00 e. The van der Waals surface area contributed by atoms with Crippen LogP contribution in [0.15, 0.2) is 97.6 Å². The maximum absolute atomic E-state index is 16.0. The second-order valence-corrected chi connectivity index (χ2v) is 31.4. The summed E-state index contributed by atoms with van der Waals surface area (Å²) in [4.78, 5) is 55.2. The second kappa shape index (κ2) is 36.2. The Balaban J connectivity index is 0.000000192. The van der Waals surface area contributed by atoms with Gasteiger partial charge in [0.05, 0.1) is 25.9 Å². The summed E-state index contributed by atoms with van der Waals surface area (Å²) in [6.45, 7) is 9.81. The van der Waals surface area contributed by atoms with E-state index in [0.29, 0.717) is 39.5 Å². The molecule has 4 aromatic carbocycles. The van der Waals surface area contributed by atoms with Gasteiger partial charge in [-0.25, -0.2) is 33.0 Å². The molecule has 0 spiro atoms. The molecular weight excluding hydrogens is 1460 g/mol. The summed E-state index contributed by atoms with van der Waals surface area (Å²) in [5.41, 5.74) is 9.51. The predicted molar refractivity (Wildman–Crippen MR) is 392 cm³/mol. The van der Waals surface area contributed by atoms with Gasteiger partial charge in [0.1, 0.15) is 59.2 Å². The van der Waals surface area contributed by atoms with E-state index in [-0.39, 0.29) is 71.0 Å². The number of unbranched alkanes of at least 4 members (excludes halogenated alkanes) is 1. The fraction of sp³-hybridized carbons (Fsp3) is 0.529. The average molecular weight is 1550 g/mol. The first-order valence-corrected chi connectivity index (χ1v) is 39.2. The van der Waals surface area contributed by atoms with Crippen LogP contribution in [0.3, 0.4) is 0 Å². The van der Waals surface area contributed by atoms with Crippen LogP contribution in [-0.4, -0.2) is 189 Å². The fourth-order valence-electron chi connectivity index (χ4n) is 13.0. The number of alkyl halides is 2. The number of halogens is 4. The fourth-order valence-corrected chi connectivity index (χ4v) is 16.2. The minimum atomic E-state index is -4.41. The molecule has 105 heavy (non-hydrogen) atoms. The third-order valence-corrected chi connectivity index (χ3v) is 22.2. The maximum atomic E-state index is 16.0. The van der Waals surface area contributed by atoms with Crippen LogP contribution >= 0.6 is 25.9 Å². The summed E-state index contributed by atoms with van der Waals surface area (Å²) in [6, 6.07) is 23.7. The van der Waals surface area contributed by atoms with Crippen molar-refractivity contribution in [1.82, 2.24) is 49.2 Å². The van der Waals surface area contributed by atoms with E-state index < -0.39 is 100 Å². The molecule has 28 nitrogen and oxygen atoms in total. The van der Waals surface area contributed by atoms with Crippen molar-refractivity contribution in [2.75, 3.05) is 60.7 Å². The first-order valence-electron chi connectivity index (χ1n) is 35.1. The largest absolute Gasteiger partial charge is 2.00 e. The van der Waals surface area contributed by atoms with Crippen LogP contribution in [0.25, 0.3) is 43.9 Å². The molecule has 12 atom stereocenters. The number of nitrogen functional groups attached to an aromatic ring is 2. The van der Waals surface area contributed by atoms with Crippen molar-refractivity contribution in [3.63, 3.8) is 0 Å². The number of benzene rings is 4. The molecule has 4 aliphatic heterocycles. The van der Waals surface area contributed by atoms with Gasteiger partial charge in [0.15, 0.2) is 58.8 Å². The van der Waals surface area contributed by atoms with E-state index in [1.165, 1.54) is 55.4 Å². The standard InChI is InChI=1S/C33H41FN7O7P.C19H23ClNO4P.C14H19FN6O3.C4H9.ClH.Mg/c1-20(30(42)46-22-12-4-3-5-13-22)39-49(44,48-24-15-8-11-21-10-6-7-14-23(21)24)45-18-25-27(34)33(2,43)31(47-25)41-19-36-26-28(40-16-9-17-40)37-32(35)38-29(26)41;1-14(19(22)24-16-10-3-2-4-11-16)21-26(20,23)25-18-13-7-9-15-8-5-6-12-17(15)18;1-14(23)9(15)7(5-22)24-12(14)21-6-17-8-10(20-3-2-4-20)18-13(16)19-11(8)21;1-3-4-2;;/h6-8,10-11,14-15,19-20,22,25,27,31,43H,3-5,9,12-13,16-18H2,1-2H3,(H,39,44)(H2,35,37,38);5-9,12-14,16H,2-4,10-11H2,1H3,(H,21,23);6-7,9,12,22-23H,2-5H2,1H3,(H2,16,18,19);1,3-4H2,2H3;1H;/q;;;-1;;+2/p-1/t20-,25+,27+,31+,33+,49?;14-,26?;7-,9-,12-,14-;;;/m001.../s1. The molecule has 2 aliphatic carbocycles. The third kappa shape index (κ3) is 19.4. The van der Waals surface area contributed by atoms with Gasteiger partial charge in [-0.3, -0.25) is 23.2 Å². The van der Waals surface area contributed by atoms with Gasteiger partial charge in [-0.1, -0.05) is 99.0 Å². The molecule has 4 saturated heterocycles. The number of nitrogens with zero attached hydrogens (tertiary/aromatic N) is 10. The second-order valence-electron chi connectivity index (χ2n) is 27.0. The van der Waals surface area contributed by atoms with Crippen molar-refractivity contribution in [2.45, 2.75) is 197 Å². The van der Waals surface area contributed by atoms with E-state index in [9.17, 15) is 38.4 Å². The molecule has 9 N–H and O–H groups in total. The predicted octanol–water partition coefficient (Wildman–Crippen LogP) is 8.08. The summed E-state index contributed by atoms with van der Waals surface area (Å²) < 4.78 is 100. The maximum Gasteiger partial charge on any atom is 2.00 e. The van der Waals surface area contributed by atoms with Crippen LogP contribution in [0.4, 0.5) is 32.3 Å². The minimum absolute atomic E-state index is 0. The molecule has 566 valence electrons. The first-order chi connectivity index (χ1) is 49.3. The third-order valence-electron chi connectivity index (χ3n) is 19.0. The molecule has 4 aromatic heterocycles. The molecule has 8 aromatic rings. The van der Waals surface area contributed by atoms with E-state index in [4.69, 9.17) is 55.2 Å². The van der Waals surface area contributed by atoms with Crippen LogP contribution in [0.2, 0.25) is 0 Å². The van der Waals surface area contributed by atoms with Crippen LogP contribution in [0, 0.1) is 6.92 Å². The van der Waals surface area contributed by atoms with Crippen LogP contribution in [0.5, 0.6) is 11.5 Å². The number of fused-ring (bicyclic) bond motifs is 4. The molecule has 0 radical (unpaired) electrons. The molecule has 14 rings (SSSR count). The molecule has 8 heterocycles. The van der Waals surface area contributed by atoms with Crippen molar-refractivity contribution in [1.29, 1.82) is 0 Å².